The molecule has 0 aromatic carbocycles. The molecule has 1 aliphatic heterocycles. The highest BCUT2D eigenvalue weighted by Crippen LogP contribution is 2.44. The molecule has 1 aromatic heterocycles. The standard InChI is InChI=1S/C15H24N2O2S/c1-15(2)8-11-13(12(18)9-15)20-14(16-11)17-6-4-10(19-3)5-7-17/h10,12,18H,4-9H2,1-3H3. The summed E-state index contributed by atoms with van der Waals surface area (Å²) in [7, 11) is 1.79. The number of piperidine rings is 1. The van der Waals surface area contributed by atoms with E-state index in [1.165, 1.54) is 0 Å². The molecule has 1 aliphatic carbocycles. The van der Waals surface area contributed by atoms with Gasteiger partial charge in [0.2, 0.25) is 0 Å². The zero-order chi connectivity index (χ0) is 14.3. The molecule has 5 heteroatoms. The molecule has 1 aromatic rings. The van der Waals surface area contributed by atoms with Crippen LogP contribution in [0.4, 0.5) is 5.13 Å². The fourth-order valence-corrected chi connectivity index (χ4v) is 4.42. The second-order valence-electron chi connectivity index (χ2n) is 6.79. The van der Waals surface area contributed by atoms with Crippen molar-refractivity contribution in [2.45, 2.75) is 51.7 Å². The third-order valence-corrected chi connectivity index (χ3v) is 5.72. The third kappa shape index (κ3) is 2.71. The molecule has 1 N–H and O–H groups in total. The van der Waals surface area contributed by atoms with Crippen LogP contribution in [-0.4, -0.2) is 36.4 Å². The van der Waals surface area contributed by atoms with Crippen LogP contribution in [0.1, 0.15) is 49.8 Å². The quantitative estimate of drug-likeness (QED) is 0.911. The average Bonchev–Trinajstić information content (AvgIpc) is 2.81. The maximum atomic E-state index is 10.3. The lowest BCUT2D eigenvalue weighted by Gasteiger charge is -2.31. The van der Waals surface area contributed by atoms with E-state index in [-0.39, 0.29) is 11.5 Å². The average molecular weight is 296 g/mol. The minimum absolute atomic E-state index is 0.154. The molecule has 2 heterocycles. The number of aliphatic hydroxyl groups excluding tert-OH is 1. The van der Waals surface area contributed by atoms with Crippen LogP contribution in [0.25, 0.3) is 0 Å². The van der Waals surface area contributed by atoms with E-state index in [1.807, 2.05) is 0 Å². The van der Waals surface area contributed by atoms with Gasteiger partial charge in [-0.05, 0) is 31.1 Å². The van der Waals surface area contributed by atoms with E-state index in [2.05, 4.69) is 18.7 Å². The largest absolute Gasteiger partial charge is 0.387 e. The topological polar surface area (TPSA) is 45.6 Å². The lowest BCUT2D eigenvalue weighted by atomic mass is 9.77. The van der Waals surface area contributed by atoms with Crippen molar-refractivity contribution in [1.82, 2.24) is 4.98 Å². The van der Waals surface area contributed by atoms with Crippen molar-refractivity contribution in [1.29, 1.82) is 0 Å². The smallest absolute Gasteiger partial charge is 0.185 e. The Hall–Kier alpha value is -0.650. The molecule has 0 radical (unpaired) electrons. The summed E-state index contributed by atoms with van der Waals surface area (Å²) in [5.41, 5.74) is 1.27. The monoisotopic (exact) mass is 296 g/mol. The fourth-order valence-electron chi connectivity index (χ4n) is 3.30. The van der Waals surface area contributed by atoms with Crippen LogP contribution in [0.2, 0.25) is 0 Å². The number of rotatable bonds is 2. The SMILES string of the molecule is COC1CCN(c2nc3c(s2)C(O)CC(C)(C)C3)CC1. The molecule has 0 amide bonds. The summed E-state index contributed by atoms with van der Waals surface area (Å²) >= 11 is 1.68. The van der Waals surface area contributed by atoms with Crippen LogP contribution in [0.15, 0.2) is 0 Å². The lowest BCUT2D eigenvalue weighted by molar-refractivity contribution is 0.0819. The zero-order valence-corrected chi connectivity index (χ0v) is 13.4. The number of nitrogens with zero attached hydrogens (tertiary/aromatic N) is 2. The number of aliphatic hydroxyl groups is 1. The first-order valence-corrected chi connectivity index (χ1v) is 8.25. The van der Waals surface area contributed by atoms with Gasteiger partial charge in [0.25, 0.3) is 0 Å². The predicted molar refractivity (Wildman–Crippen MR) is 81.4 cm³/mol. The van der Waals surface area contributed by atoms with Gasteiger partial charge in [-0.3, -0.25) is 0 Å². The normalized spacial score (nSPS) is 26.6. The maximum absolute atomic E-state index is 10.3. The summed E-state index contributed by atoms with van der Waals surface area (Å²) in [6.07, 6.45) is 4.00. The van der Waals surface area contributed by atoms with E-state index < -0.39 is 0 Å². The molecule has 0 saturated carbocycles. The van der Waals surface area contributed by atoms with Crippen molar-refractivity contribution in [2.24, 2.45) is 5.41 Å². The number of thiazole rings is 1. The van der Waals surface area contributed by atoms with E-state index in [0.29, 0.717) is 6.10 Å². The van der Waals surface area contributed by atoms with Gasteiger partial charge in [-0.25, -0.2) is 4.98 Å². The number of fused-ring (bicyclic) bond motifs is 1. The fraction of sp³-hybridized carbons (Fsp3) is 0.800. The summed E-state index contributed by atoms with van der Waals surface area (Å²) in [6.45, 7) is 6.43. The summed E-state index contributed by atoms with van der Waals surface area (Å²) in [5, 5.41) is 11.4. The van der Waals surface area contributed by atoms with Gasteiger partial charge >= 0.3 is 0 Å². The van der Waals surface area contributed by atoms with Crippen LogP contribution >= 0.6 is 11.3 Å². The number of ether oxygens (including phenoxy) is 1. The predicted octanol–water partition coefficient (Wildman–Crippen LogP) is 2.76. The van der Waals surface area contributed by atoms with Gasteiger partial charge in [0.1, 0.15) is 0 Å². The Morgan fingerprint density at radius 1 is 1.35 bits per heavy atom. The van der Waals surface area contributed by atoms with Crippen LogP contribution in [0, 0.1) is 5.41 Å². The summed E-state index contributed by atoms with van der Waals surface area (Å²) in [6, 6.07) is 0. The number of methoxy groups -OCH3 is 1. The first-order valence-electron chi connectivity index (χ1n) is 7.44. The summed E-state index contributed by atoms with van der Waals surface area (Å²) < 4.78 is 5.42. The number of aromatic nitrogens is 1. The molecule has 0 spiro atoms. The summed E-state index contributed by atoms with van der Waals surface area (Å²) in [4.78, 5) is 8.25. The lowest BCUT2D eigenvalue weighted by Crippen LogP contribution is -2.36. The number of hydrogen-bond donors (Lipinski definition) is 1. The highest BCUT2D eigenvalue weighted by atomic mass is 32.1. The molecule has 1 saturated heterocycles. The van der Waals surface area contributed by atoms with Crippen LogP contribution in [0.5, 0.6) is 0 Å². The number of hydrogen-bond acceptors (Lipinski definition) is 5. The second kappa shape index (κ2) is 5.28. The molecule has 20 heavy (non-hydrogen) atoms. The van der Waals surface area contributed by atoms with E-state index in [9.17, 15) is 5.11 Å². The Morgan fingerprint density at radius 3 is 2.70 bits per heavy atom. The van der Waals surface area contributed by atoms with Gasteiger partial charge in [0, 0.05) is 20.2 Å². The van der Waals surface area contributed by atoms with Gasteiger partial charge in [-0.2, -0.15) is 0 Å². The summed E-state index contributed by atoms with van der Waals surface area (Å²) in [5.74, 6) is 0. The number of anilines is 1. The Labute approximate surface area is 124 Å². The van der Waals surface area contributed by atoms with Gasteiger partial charge < -0.3 is 14.7 Å². The molecule has 112 valence electrons. The van der Waals surface area contributed by atoms with Crippen molar-refractivity contribution in [3.63, 3.8) is 0 Å². The van der Waals surface area contributed by atoms with Crippen LogP contribution in [-0.2, 0) is 11.2 Å². The van der Waals surface area contributed by atoms with E-state index in [0.717, 1.165) is 54.5 Å². The van der Waals surface area contributed by atoms with Crippen molar-refractivity contribution in [2.75, 3.05) is 25.1 Å². The van der Waals surface area contributed by atoms with E-state index in [4.69, 9.17) is 9.72 Å². The van der Waals surface area contributed by atoms with Gasteiger partial charge in [0.05, 0.1) is 22.8 Å². The highest BCUT2D eigenvalue weighted by Gasteiger charge is 2.35. The molecule has 2 aliphatic rings. The highest BCUT2D eigenvalue weighted by molar-refractivity contribution is 7.15. The molecule has 3 rings (SSSR count). The molecular weight excluding hydrogens is 272 g/mol. The molecule has 4 nitrogen and oxygen atoms in total. The first kappa shape index (κ1) is 14.3. The Kier molecular flexibility index (Phi) is 3.77. The van der Waals surface area contributed by atoms with Crippen molar-refractivity contribution < 1.29 is 9.84 Å². The van der Waals surface area contributed by atoms with E-state index in [1.54, 1.807) is 18.4 Å². The van der Waals surface area contributed by atoms with Gasteiger partial charge in [-0.15, -0.1) is 0 Å². The minimum Gasteiger partial charge on any atom is -0.387 e. The van der Waals surface area contributed by atoms with Crippen molar-refractivity contribution in [3.05, 3.63) is 10.6 Å². The first-order chi connectivity index (χ1) is 9.48. The van der Waals surface area contributed by atoms with Crippen LogP contribution < -0.4 is 4.90 Å². The maximum Gasteiger partial charge on any atom is 0.185 e. The molecule has 1 atom stereocenters. The Morgan fingerprint density at radius 2 is 2.05 bits per heavy atom. The van der Waals surface area contributed by atoms with Crippen molar-refractivity contribution >= 4 is 16.5 Å². The molecule has 1 fully saturated rings. The molecule has 1 unspecified atom stereocenters. The van der Waals surface area contributed by atoms with E-state index >= 15 is 0 Å². The second-order valence-corrected chi connectivity index (χ2v) is 7.80. The molecule has 0 bridgehead atoms. The minimum atomic E-state index is -0.337. The molecular formula is C15H24N2O2S. The van der Waals surface area contributed by atoms with Gasteiger partial charge in [-0.1, -0.05) is 25.2 Å². The zero-order valence-electron chi connectivity index (χ0n) is 12.6. The third-order valence-electron chi connectivity index (χ3n) is 4.46. The Balaban J connectivity index is 1.77. The van der Waals surface area contributed by atoms with Gasteiger partial charge in [0.15, 0.2) is 5.13 Å². The van der Waals surface area contributed by atoms with Crippen LogP contribution in [0.3, 0.4) is 0 Å². The Bertz CT molecular complexity index is 478. The van der Waals surface area contributed by atoms with Crippen molar-refractivity contribution in [3.8, 4) is 0 Å².